The van der Waals surface area contributed by atoms with E-state index in [0.717, 1.165) is 6.16 Å². The van der Waals surface area contributed by atoms with Crippen LogP contribution in [-0.2, 0) is 0 Å². The first-order chi connectivity index (χ1) is 7.97. The Morgan fingerprint density at radius 2 is 1.89 bits per heavy atom. The van der Waals surface area contributed by atoms with Crippen molar-refractivity contribution < 1.29 is 28.4 Å². The van der Waals surface area contributed by atoms with Crippen LogP contribution in [-0.4, -0.2) is 18.8 Å². The van der Waals surface area contributed by atoms with E-state index in [1.165, 1.54) is 7.11 Å². The van der Waals surface area contributed by atoms with Crippen LogP contribution in [0, 0.1) is 5.92 Å². The van der Waals surface area contributed by atoms with Gasteiger partial charge in [0.2, 0.25) is 0 Å². The van der Waals surface area contributed by atoms with Gasteiger partial charge in [-0.05, 0) is 12.1 Å². The van der Waals surface area contributed by atoms with Gasteiger partial charge in [-0.1, -0.05) is 43.0 Å². The van der Waals surface area contributed by atoms with Crippen molar-refractivity contribution in [2.24, 2.45) is 5.92 Å². The number of hydrogen-bond acceptors (Lipinski definition) is 2. The smallest absolute Gasteiger partial charge is 0.494 e. The molecule has 1 rings (SSSR count). The summed E-state index contributed by atoms with van der Waals surface area (Å²) in [6.45, 7) is 4.13. The van der Waals surface area contributed by atoms with Gasteiger partial charge < -0.3 is 18.1 Å². The third-order valence-electron chi connectivity index (χ3n) is 2.08. The molecule has 0 atom stereocenters. The Morgan fingerprint density at radius 1 is 1.33 bits per heavy atom. The quantitative estimate of drug-likeness (QED) is 0.611. The summed E-state index contributed by atoms with van der Waals surface area (Å²) in [5.41, 5.74) is 0.326. The van der Waals surface area contributed by atoms with Crippen molar-refractivity contribution in [1.82, 2.24) is 0 Å². The van der Waals surface area contributed by atoms with E-state index in [1.54, 1.807) is 12.1 Å². The normalized spacial score (nSPS) is 10.8. The second-order valence-electron chi connectivity index (χ2n) is 3.98. The van der Waals surface area contributed by atoms with Gasteiger partial charge in [-0.25, -0.2) is 0 Å². The van der Waals surface area contributed by atoms with E-state index in [0.29, 0.717) is 35.9 Å². The summed E-state index contributed by atoms with van der Waals surface area (Å²) in [6.07, 6.45) is 0.796. The van der Waals surface area contributed by atoms with E-state index in [-0.39, 0.29) is 24.4 Å². The van der Waals surface area contributed by atoms with E-state index in [4.69, 9.17) is 27.9 Å². The van der Waals surface area contributed by atoms with E-state index in [1.807, 2.05) is 0 Å². The molecule has 94 valence electrons. The largest absolute Gasteiger partial charge is 1.00 e. The second kappa shape index (κ2) is 8.46. The fraction of sp³-hybridized carbons (Fsp3) is 0.417. The number of rotatable bonds is 5. The number of benzene rings is 1. The van der Waals surface area contributed by atoms with Crippen LogP contribution in [0.25, 0.3) is 0 Å². The van der Waals surface area contributed by atoms with Crippen molar-refractivity contribution in [2.45, 2.75) is 13.8 Å². The number of methoxy groups -OCH3 is 1. The van der Waals surface area contributed by atoms with Gasteiger partial charge in [-0.2, -0.15) is 6.16 Å². The van der Waals surface area contributed by atoms with Gasteiger partial charge in [0.15, 0.2) is 0 Å². The molecule has 0 aromatic heterocycles. The zero-order valence-electron chi connectivity index (χ0n) is 11.0. The molecule has 1 aromatic carbocycles. The SMILES string of the molecule is COc1c(Cl)ccc(Cl)c1C(=O)[P-]CC(C)C.[Li+]. The molecule has 0 bridgehead atoms. The molecule has 0 heterocycles. The maximum Gasteiger partial charge on any atom is 1.00 e. The maximum absolute atomic E-state index is 12.1. The Bertz CT molecular complexity index is 425. The molecule has 0 aliphatic rings. The first-order valence-corrected chi connectivity index (χ1v) is 7.04. The van der Waals surface area contributed by atoms with Crippen LogP contribution in [0.1, 0.15) is 24.2 Å². The molecule has 6 heteroatoms. The Kier molecular flexibility index (Phi) is 8.60. The molecule has 0 saturated carbocycles. The molecular formula is C12H14Cl2LiO2P. The average molecular weight is 299 g/mol. The summed E-state index contributed by atoms with van der Waals surface area (Å²) in [6, 6.07) is 3.24. The molecule has 0 fully saturated rings. The Labute approximate surface area is 132 Å². The molecule has 0 amide bonds. The van der Waals surface area contributed by atoms with Crippen molar-refractivity contribution in [1.29, 1.82) is 0 Å². The number of hydrogen-bond donors (Lipinski definition) is 0. The summed E-state index contributed by atoms with van der Waals surface area (Å²) < 4.78 is 5.14. The van der Waals surface area contributed by atoms with E-state index >= 15 is 0 Å². The fourth-order valence-corrected chi connectivity index (χ4v) is 2.72. The van der Waals surface area contributed by atoms with Gasteiger partial charge in [-0.3, -0.25) is 0 Å². The summed E-state index contributed by atoms with van der Waals surface area (Å²) >= 11 is 12.0. The van der Waals surface area contributed by atoms with Crippen molar-refractivity contribution in [2.75, 3.05) is 13.3 Å². The van der Waals surface area contributed by atoms with Gasteiger partial charge in [0, 0.05) is 11.1 Å². The standard InChI is InChI=1S/C12H14Cl2O2P.Li/c1-7(2)6-17-12(15)10-8(13)4-5-9(14)11(10)16-3;/h4-5,7H,6H2,1-3H3;/q-1;+1. The van der Waals surface area contributed by atoms with Gasteiger partial charge in [0.25, 0.3) is 0 Å². The Balaban J connectivity index is 0.00000289. The molecular weight excluding hydrogens is 285 g/mol. The molecule has 0 saturated heterocycles. The molecule has 1 aromatic rings. The second-order valence-corrected chi connectivity index (χ2v) is 5.88. The van der Waals surface area contributed by atoms with Crippen molar-refractivity contribution in [3.05, 3.63) is 27.7 Å². The fourth-order valence-electron chi connectivity index (χ4n) is 1.28. The molecule has 0 aliphatic carbocycles. The minimum Gasteiger partial charge on any atom is -0.494 e. The Hall–Kier alpha value is 0.297. The van der Waals surface area contributed by atoms with Crippen LogP contribution in [0.4, 0.5) is 0 Å². The van der Waals surface area contributed by atoms with Crippen LogP contribution in [0.2, 0.25) is 10.0 Å². The zero-order valence-corrected chi connectivity index (χ0v) is 13.4. The molecule has 2 nitrogen and oxygen atoms in total. The topological polar surface area (TPSA) is 26.3 Å². The van der Waals surface area contributed by atoms with E-state index < -0.39 is 0 Å². The third-order valence-corrected chi connectivity index (χ3v) is 4.11. The number of ether oxygens (including phenoxy) is 1. The van der Waals surface area contributed by atoms with Gasteiger partial charge in [0.1, 0.15) is 5.75 Å². The van der Waals surface area contributed by atoms with Crippen LogP contribution < -0.4 is 23.6 Å². The molecule has 0 N–H and O–H groups in total. The average Bonchev–Trinajstić information content (AvgIpc) is 2.28. The predicted octanol–water partition coefficient (Wildman–Crippen LogP) is 1.75. The Morgan fingerprint density at radius 3 is 2.39 bits per heavy atom. The van der Waals surface area contributed by atoms with Crippen LogP contribution >= 0.6 is 31.8 Å². The molecule has 0 unspecified atom stereocenters. The van der Waals surface area contributed by atoms with Crippen molar-refractivity contribution >= 4 is 37.3 Å². The molecule has 0 aliphatic heterocycles. The van der Waals surface area contributed by atoms with Crippen molar-refractivity contribution in [3.63, 3.8) is 0 Å². The number of carbonyl (C=O) groups is 1. The summed E-state index contributed by atoms with van der Waals surface area (Å²) in [4.78, 5) is 12.1. The van der Waals surface area contributed by atoms with Gasteiger partial charge >= 0.3 is 18.9 Å². The first-order valence-electron chi connectivity index (χ1n) is 5.21. The first kappa shape index (κ1) is 18.3. The summed E-state index contributed by atoms with van der Waals surface area (Å²) in [7, 11) is 2.19. The monoisotopic (exact) mass is 298 g/mol. The van der Waals surface area contributed by atoms with Gasteiger partial charge in [0.05, 0.1) is 17.2 Å². The zero-order chi connectivity index (χ0) is 13.0. The maximum atomic E-state index is 12.1. The van der Waals surface area contributed by atoms with E-state index in [2.05, 4.69) is 13.8 Å². The van der Waals surface area contributed by atoms with Crippen LogP contribution in [0.5, 0.6) is 5.75 Å². The third kappa shape index (κ3) is 4.76. The van der Waals surface area contributed by atoms with Crippen molar-refractivity contribution in [3.8, 4) is 5.75 Å². The predicted molar refractivity (Wildman–Crippen MR) is 74.0 cm³/mol. The van der Waals surface area contributed by atoms with E-state index in [9.17, 15) is 4.79 Å². The van der Waals surface area contributed by atoms with Gasteiger partial charge in [-0.15, -0.1) is 0 Å². The van der Waals surface area contributed by atoms with Crippen LogP contribution in [0.3, 0.4) is 0 Å². The minimum absolute atomic E-state index is 0. The molecule has 18 heavy (non-hydrogen) atoms. The number of carbonyl (C=O) groups excluding carboxylic acids is 1. The number of halogens is 2. The summed E-state index contributed by atoms with van der Waals surface area (Å²) in [5, 5.41) is 0.785. The molecule has 0 spiro atoms. The van der Waals surface area contributed by atoms with Crippen LogP contribution in [0.15, 0.2) is 12.1 Å². The minimum atomic E-state index is -0.0527. The summed E-state index contributed by atoms with van der Waals surface area (Å²) in [5.74, 6) is 0.824. The molecule has 0 radical (unpaired) electrons.